The lowest BCUT2D eigenvalue weighted by molar-refractivity contribution is -0.116. The van der Waals surface area contributed by atoms with Gasteiger partial charge in [0, 0.05) is 13.5 Å². The van der Waals surface area contributed by atoms with Crippen molar-refractivity contribution in [3.8, 4) is 0 Å². The van der Waals surface area contributed by atoms with Gasteiger partial charge in [0.15, 0.2) is 0 Å². The van der Waals surface area contributed by atoms with Crippen LogP contribution in [0, 0.1) is 0 Å². The number of para-hydroxylation sites is 1. The second-order valence-electron chi connectivity index (χ2n) is 3.85. The Balaban J connectivity index is 3.09. The number of carboxylic acids is 1. The number of amides is 1. The summed E-state index contributed by atoms with van der Waals surface area (Å²) in [5, 5.41) is 9.08. The molecule has 0 aliphatic rings. The standard InChI is InChI=1S/C13H17NO3/c1-3-4-9-14(10(2)15)12-8-6-5-7-11(12)13(16)17/h5-8H,3-4,9H2,1-2H3,(H,16,17). The highest BCUT2D eigenvalue weighted by atomic mass is 16.4. The molecule has 1 aromatic carbocycles. The van der Waals surface area contributed by atoms with Crippen LogP contribution in [0.4, 0.5) is 5.69 Å². The summed E-state index contributed by atoms with van der Waals surface area (Å²) < 4.78 is 0. The molecule has 92 valence electrons. The molecule has 0 spiro atoms. The fourth-order valence-electron chi connectivity index (χ4n) is 1.65. The molecule has 0 saturated carbocycles. The molecule has 1 rings (SSSR count). The van der Waals surface area contributed by atoms with Gasteiger partial charge in [-0.3, -0.25) is 4.79 Å². The predicted molar refractivity (Wildman–Crippen MR) is 66.3 cm³/mol. The molecular weight excluding hydrogens is 218 g/mol. The van der Waals surface area contributed by atoms with Crippen molar-refractivity contribution in [3.63, 3.8) is 0 Å². The second kappa shape index (κ2) is 6.03. The van der Waals surface area contributed by atoms with Crippen molar-refractivity contribution >= 4 is 17.6 Å². The minimum Gasteiger partial charge on any atom is -0.478 e. The molecule has 0 aromatic heterocycles. The highest BCUT2D eigenvalue weighted by Crippen LogP contribution is 2.21. The zero-order chi connectivity index (χ0) is 12.8. The Bertz CT molecular complexity index is 415. The Morgan fingerprint density at radius 3 is 2.47 bits per heavy atom. The highest BCUT2D eigenvalue weighted by Gasteiger charge is 2.17. The lowest BCUT2D eigenvalue weighted by Crippen LogP contribution is -2.30. The summed E-state index contributed by atoms with van der Waals surface area (Å²) in [7, 11) is 0. The van der Waals surface area contributed by atoms with Gasteiger partial charge in [0.2, 0.25) is 5.91 Å². The number of carbonyl (C=O) groups excluding carboxylic acids is 1. The van der Waals surface area contributed by atoms with E-state index in [2.05, 4.69) is 0 Å². The van der Waals surface area contributed by atoms with Crippen LogP contribution in [0.3, 0.4) is 0 Å². The maximum absolute atomic E-state index is 11.6. The zero-order valence-corrected chi connectivity index (χ0v) is 10.1. The fourth-order valence-corrected chi connectivity index (χ4v) is 1.65. The first-order valence-corrected chi connectivity index (χ1v) is 5.68. The van der Waals surface area contributed by atoms with Gasteiger partial charge in [0.1, 0.15) is 0 Å². The van der Waals surface area contributed by atoms with Crippen LogP contribution in [0.1, 0.15) is 37.0 Å². The summed E-state index contributed by atoms with van der Waals surface area (Å²) in [5.41, 5.74) is 0.639. The number of nitrogens with zero attached hydrogens (tertiary/aromatic N) is 1. The van der Waals surface area contributed by atoms with E-state index in [1.54, 1.807) is 18.2 Å². The van der Waals surface area contributed by atoms with Crippen LogP contribution >= 0.6 is 0 Å². The van der Waals surface area contributed by atoms with Gasteiger partial charge in [-0.25, -0.2) is 4.79 Å². The molecule has 4 heteroatoms. The number of hydrogen-bond acceptors (Lipinski definition) is 2. The minimum atomic E-state index is -1.01. The molecule has 0 heterocycles. The van der Waals surface area contributed by atoms with E-state index in [4.69, 9.17) is 5.11 Å². The molecule has 17 heavy (non-hydrogen) atoms. The van der Waals surface area contributed by atoms with Crippen LogP contribution in [-0.2, 0) is 4.79 Å². The van der Waals surface area contributed by atoms with E-state index in [0.717, 1.165) is 12.8 Å². The second-order valence-corrected chi connectivity index (χ2v) is 3.85. The number of unbranched alkanes of at least 4 members (excludes halogenated alkanes) is 1. The van der Waals surface area contributed by atoms with Crippen LogP contribution in [-0.4, -0.2) is 23.5 Å². The molecule has 0 radical (unpaired) electrons. The summed E-state index contributed by atoms with van der Waals surface area (Å²) in [6, 6.07) is 6.58. The molecule has 0 fully saturated rings. The van der Waals surface area contributed by atoms with Gasteiger partial charge in [-0.15, -0.1) is 0 Å². The van der Waals surface area contributed by atoms with E-state index in [-0.39, 0.29) is 11.5 Å². The van der Waals surface area contributed by atoms with Crippen molar-refractivity contribution in [2.75, 3.05) is 11.4 Å². The van der Waals surface area contributed by atoms with Gasteiger partial charge in [0.25, 0.3) is 0 Å². The van der Waals surface area contributed by atoms with Crippen LogP contribution in [0.25, 0.3) is 0 Å². The number of anilines is 1. The summed E-state index contributed by atoms with van der Waals surface area (Å²) >= 11 is 0. The SMILES string of the molecule is CCCCN(C(C)=O)c1ccccc1C(=O)O. The predicted octanol–water partition coefficient (Wildman–Crippen LogP) is 2.54. The Morgan fingerprint density at radius 2 is 1.94 bits per heavy atom. The number of hydrogen-bond donors (Lipinski definition) is 1. The van der Waals surface area contributed by atoms with Crippen LogP contribution in [0.2, 0.25) is 0 Å². The van der Waals surface area contributed by atoms with Crippen LogP contribution in [0.15, 0.2) is 24.3 Å². The van der Waals surface area contributed by atoms with Crippen molar-refractivity contribution in [2.24, 2.45) is 0 Å². The van der Waals surface area contributed by atoms with Crippen LogP contribution in [0.5, 0.6) is 0 Å². The molecule has 0 bridgehead atoms. The maximum Gasteiger partial charge on any atom is 0.337 e. The summed E-state index contributed by atoms with van der Waals surface area (Å²) in [5.74, 6) is -1.14. The summed E-state index contributed by atoms with van der Waals surface area (Å²) in [6.45, 7) is 4.03. The summed E-state index contributed by atoms with van der Waals surface area (Å²) in [6.07, 6.45) is 1.81. The van der Waals surface area contributed by atoms with Crippen LogP contribution < -0.4 is 4.90 Å². The topological polar surface area (TPSA) is 57.6 Å². The van der Waals surface area contributed by atoms with Gasteiger partial charge in [-0.2, -0.15) is 0 Å². The van der Waals surface area contributed by atoms with Gasteiger partial charge < -0.3 is 10.0 Å². The average Bonchev–Trinajstić information content (AvgIpc) is 2.29. The van der Waals surface area contributed by atoms with E-state index in [1.807, 2.05) is 6.92 Å². The Labute approximate surface area is 101 Å². The zero-order valence-electron chi connectivity index (χ0n) is 10.1. The molecule has 1 aromatic rings. The van der Waals surface area contributed by atoms with Crippen molar-refractivity contribution < 1.29 is 14.7 Å². The smallest absolute Gasteiger partial charge is 0.337 e. The maximum atomic E-state index is 11.6. The van der Waals surface area contributed by atoms with Gasteiger partial charge >= 0.3 is 5.97 Å². The normalized spacial score (nSPS) is 10.0. The number of carbonyl (C=O) groups is 2. The number of aromatic carboxylic acids is 1. The van der Waals surface area contributed by atoms with Crippen molar-refractivity contribution in [2.45, 2.75) is 26.7 Å². The third-order valence-corrected chi connectivity index (χ3v) is 2.54. The Kier molecular flexibility index (Phi) is 4.69. The molecule has 0 aliphatic heterocycles. The average molecular weight is 235 g/mol. The molecule has 1 amide bonds. The van der Waals surface area contributed by atoms with E-state index < -0.39 is 5.97 Å². The van der Waals surface area contributed by atoms with E-state index >= 15 is 0 Å². The number of carboxylic acid groups (broad SMARTS) is 1. The number of rotatable bonds is 5. The van der Waals surface area contributed by atoms with E-state index in [1.165, 1.54) is 17.9 Å². The van der Waals surface area contributed by atoms with E-state index in [0.29, 0.717) is 12.2 Å². The molecule has 0 atom stereocenters. The third kappa shape index (κ3) is 3.31. The first kappa shape index (κ1) is 13.2. The van der Waals surface area contributed by atoms with Gasteiger partial charge in [-0.1, -0.05) is 25.5 Å². The van der Waals surface area contributed by atoms with Crippen molar-refractivity contribution in [1.82, 2.24) is 0 Å². The molecule has 0 saturated heterocycles. The summed E-state index contributed by atoms with van der Waals surface area (Å²) in [4.78, 5) is 24.2. The molecular formula is C13H17NO3. The molecule has 1 N–H and O–H groups in total. The third-order valence-electron chi connectivity index (χ3n) is 2.54. The minimum absolute atomic E-state index is 0.132. The quantitative estimate of drug-likeness (QED) is 0.853. The molecule has 0 unspecified atom stereocenters. The Morgan fingerprint density at radius 1 is 1.29 bits per heavy atom. The lowest BCUT2D eigenvalue weighted by Gasteiger charge is -2.22. The van der Waals surface area contributed by atoms with Gasteiger partial charge in [0.05, 0.1) is 11.3 Å². The molecule has 0 aliphatic carbocycles. The highest BCUT2D eigenvalue weighted by molar-refractivity contribution is 6.01. The van der Waals surface area contributed by atoms with E-state index in [9.17, 15) is 9.59 Å². The lowest BCUT2D eigenvalue weighted by atomic mass is 10.1. The first-order valence-electron chi connectivity index (χ1n) is 5.68. The van der Waals surface area contributed by atoms with Crippen molar-refractivity contribution in [1.29, 1.82) is 0 Å². The largest absolute Gasteiger partial charge is 0.478 e. The Hall–Kier alpha value is -1.84. The van der Waals surface area contributed by atoms with Gasteiger partial charge in [-0.05, 0) is 18.6 Å². The first-order chi connectivity index (χ1) is 8.07. The molecule has 4 nitrogen and oxygen atoms in total. The van der Waals surface area contributed by atoms with Crippen molar-refractivity contribution in [3.05, 3.63) is 29.8 Å². The number of benzene rings is 1. The monoisotopic (exact) mass is 235 g/mol. The fraction of sp³-hybridized carbons (Fsp3) is 0.385.